The first kappa shape index (κ1) is 11.9. The summed E-state index contributed by atoms with van der Waals surface area (Å²) in [5, 5.41) is 0.552. The number of carbonyl (C=O) groups excluding carboxylic acids is 2. The largest absolute Gasteiger partial charge is 0.295 e. The molecular formula is C10H5ClF3NO2. The van der Waals surface area contributed by atoms with Crippen molar-refractivity contribution < 1.29 is 22.8 Å². The zero-order valence-corrected chi connectivity index (χ0v) is 8.89. The zero-order valence-electron chi connectivity index (χ0n) is 8.14. The fourth-order valence-electron chi connectivity index (χ4n) is 1.63. The second kappa shape index (κ2) is 4.03. The molecule has 90 valence electrons. The van der Waals surface area contributed by atoms with Crippen molar-refractivity contribution in [3.05, 3.63) is 35.1 Å². The highest BCUT2D eigenvalue weighted by atomic mass is 35.5. The Kier molecular flexibility index (Phi) is 2.82. The van der Waals surface area contributed by atoms with E-state index >= 15 is 0 Å². The molecule has 2 amide bonds. The lowest BCUT2D eigenvalue weighted by Crippen LogP contribution is -2.22. The summed E-state index contributed by atoms with van der Waals surface area (Å²) in [5.74, 6) is -6.77. The summed E-state index contributed by atoms with van der Waals surface area (Å²) in [6.07, 6.45) is 0. The monoisotopic (exact) mass is 263 g/mol. The molecule has 0 bridgehead atoms. The number of nitrogens with one attached hydrogen (secondary N) is 1. The molecule has 1 N–H and O–H groups in total. The van der Waals surface area contributed by atoms with Crippen LogP contribution >= 0.6 is 11.6 Å². The Hall–Kier alpha value is -1.56. The summed E-state index contributed by atoms with van der Waals surface area (Å²) in [7, 11) is 0. The molecule has 1 aliphatic rings. The first-order valence-electron chi connectivity index (χ1n) is 4.55. The van der Waals surface area contributed by atoms with Crippen LogP contribution in [-0.4, -0.2) is 17.2 Å². The van der Waals surface area contributed by atoms with E-state index in [2.05, 4.69) is 0 Å². The molecule has 2 atom stereocenters. The van der Waals surface area contributed by atoms with Crippen molar-refractivity contribution in [2.24, 2.45) is 0 Å². The van der Waals surface area contributed by atoms with Crippen LogP contribution in [-0.2, 0) is 9.59 Å². The third-order valence-corrected chi connectivity index (χ3v) is 2.90. The Morgan fingerprint density at radius 1 is 1.00 bits per heavy atom. The van der Waals surface area contributed by atoms with Crippen LogP contribution in [0.4, 0.5) is 13.2 Å². The second-order valence-electron chi connectivity index (χ2n) is 3.52. The number of amides is 2. The van der Waals surface area contributed by atoms with Crippen LogP contribution in [0.25, 0.3) is 0 Å². The van der Waals surface area contributed by atoms with Gasteiger partial charge >= 0.3 is 0 Å². The second-order valence-corrected chi connectivity index (χ2v) is 3.99. The Balaban J connectivity index is 2.51. The minimum Gasteiger partial charge on any atom is -0.295 e. The summed E-state index contributed by atoms with van der Waals surface area (Å²) in [5.41, 5.74) is -0.438. The van der Waals surface area contributed by atoms with Crippen molar-refractivity contribution >= 4 is 23.4 Å². The predicted octanol–water partition coefficient (Wildman–Crippen LogP) is 1.45. The average molecular weight is 264 g/mol. The van der Waals surface area contributed by atoms with Gasteiger partial charge in [0.2, 0.25) is 11.8 Å². The van der Waals surface area contributed by atoms with Gasteiger partial charge in [0, 0.05) is 11.6 Å². The quantitative estimate of drug-likeness (QED) is 0.474. The lowest BCUT2D eigenvalue weighted by atomic mass is 9.96. The van der Waals surface area contributed by atoms with Crippen molar-refractivity contribution in [3.8, 4) is 0 Å². The highest BCUT2D eigenvalue weighted by Crippen LogP contribution is 2.31. The number of rotatable bonds is 1. The highest BCUT2D eigenvalue weighted by Gasteiger charge is 2.43. The predicted molar refractivity (Wildman–Crippen MR) is 51.8 cm³/mol. The number of imide groups is 1. The van der Waals surface area contributed by atoms with E-state index in [1.165, 1.54) is 0 Å². The van der Waals surface area contributed by atoms with Crippen molar-refractivity contribution in [2.45, 2.75) is 11.3 Å². The summed E-state index contributed by atoms with van der Waals surface area (Å²) < 4.78 is 39.1. The molecule has 2 unspecified atom stereocenters. The molecule has 0 aliphatic carbocycles. The van der Waals surface area contributed by atoms with Gasteiger partial charge in [-0.3, -0.25) is 14.9 Å². The fraction of sp³-hybridized carbons (Fsp3) is 0.200. The molecule has 1 aromatic rings. The van der Waals surface area contributed by atoms with Crippen LogP contribution in [0.3, 0.4) is 0 Å². The zero-order chi connectivity index (χ0) is 12.7. The molecule has 1 aromatic carbocycles. The van der Waals surface area contributed by atoms with Crippen molar-refractivity contribution in [3.63, 3.8) is 0 Å². The SMILES string of the molecule is O=C1NC(=O)C(c2cc(F)c(F)cc2F)C1Cl. The van der Waals surface area contributed by atoms with Crippen molar-refractivity contribution in [1.82, 2.24) is 5.32 Å². The van der Waals surface area contributed by atoms with Gasteiger partial charge in [-0.25, -0.2) is 13.2 Å². The van der Waals surface area contributed by atoms with Gasteiger partial charge in [-0.2, -0.15) is 0 Å². The van der Waals surface area contributed by atoms with E-state index in [-0.39, 0.29) is 0 Å². The topological polar surface area (TPSA) is 46.2 Å². The summed E-state index contributed by atoms with van der Waals surface area (Å²) >= 11 is 5.61. The summed E-state index contributed by atoms with van der Waals surface area (Å²) in [4.78, 5) is 22.4. The van der Waals surface area contributed by atoms with Gasteiger partial charge in [0.1, 0.15) is 11.2 Å². The van der Waals surface area contributed by atoms with Gasteiger partial charge < -0.3 is 0 Å². The minimum atomic E-state index is -1.37. The van der Waals surface area contributed by atoms with Crippen LogP contribution in [0.15, 0.2) is 12.1 Å². The van der Waals surface area contributed by atoms with E-state index in [1.54, 1.807) is 0 Å². The highest BCUT2D eigenvalue weighted by molar-refractivity contribution is 6.37. The molecule has 0 aromatic heterocycles. The molecule has 0 saturated carbocycles. The maximum absolute atomic E-state index is 13.4. The number of hydrogen-bond acceptors (Lipinski definition) is 2. The molecule has 2 rings (SSSR count). The Bertz CT molecular complexity index is 521. The number of hydrogen-bond donors (Lipinski definition) is 1. The van der Waals surface area contributed by atoms with E-state index in [0.29, 0.717) is 12.1 Å². The average Bonchev–Trinajstić information content (AvgIpc) is 2.48. The number of carbonyl (C=O) groups is 2. The Labute approximate surface area is 98.6 Å². The van der Waals surface area contributed by atoms with Gasteiger partial charge in [0.15, 0.2) is 11.6 Å². The maximum Gasteiger partial charge on any atom is 0.245 e. The van der Waals surface area contributed by atoms with E-state index in [1.807, 2.05) is 5.32 Å². The molecule has 17 heavy (non-hydrogen) atoms. The maximum atomic E-state index is 13.4. The fourth-order valence-corrected chi connectivity index (χ4v) is 1.93. The third-order valence-electron chi connectivity index (χ3n) is 2.45. The van der Waals surface area contributed by atoms with Crippen LogP contribution < -0.4 is 5.32 Å². The first-order valence-corrected chi connectivity index (χ1v) is 4.98. The molecular weight excluding hydrogens is 259 g/mol. The number of benzene rings is 1. The Morgan fingerprint density at radius 3 is 2.12 bits per heavy atom. The number of alkyl halides is 1. The van der Waals surface area contributed by atoms with Crippen LogP contribution in [0.1, 0.15) is 11.5 Å². The van der Waals surface area contributed by atoms with E-state index < -0.39 is 46.1 Å². The van der Waals surface area contributed by atoms with Gasteiger partial charge in [-0.15, -0.1) is 11.6 Å². The number of halogens is 4. The Morgan fingerprint density at radius 2 is 1.59 bits per heavy atom. The van der Waals surface area contributed by atoms with Crippen LogP contribution in [0, 0.1) is 17.5 Å². The molecule has 1 aliphatic heterocycles. The van der Waals surface area contributed by atoms with E-state index in [0.717, 1.165) is 0 Å². The van der Waals surface area contributed by atoms with Crippen LogP contribution in [0.2, 0.25) is 0 Å². The molecule has 0 radical (unpaired) electrons. The van der Waals surface area contributed by atoms with Gasteiger partial charge in [0.25, 0.3) is 0 Å². The normalized spacial score (nSPS) is 24.0. The molecule has 7 heteroatoms. The lowest BCUT2D eigenvalue weighted by Gasteiger charge is -2.11. The van der Waals surface area contributed by atoms with Crippen molar-refractivity contribution in [1.29, 1.82) is 0 Å². The molecule has 1 heterocycles. The molecule has 1 fully saturated rings. The van der Waals surface area contributed by atoms with Crippen LogP contribution in [0.5, 0.6) is 0 Å². The van der Waals surface area contributed by atoms with Gasteiger partial charge in [0.05, 0.1) is 5.92 Å². The van der Waals surface area contributed by atoms with Crippen molar-refractivity contribution in [2.75, 3.05) is 0 Å². The first-order chi connectivity index (χ1) is 7.91. The van der Waals surface area contributed by atoms with Gasteiger partial charge in [-0.05, 0) is 6.07 Å². The molecule has 1 saturated heterocycles. The summed E-state index contributed by atoms with van der Waals surface area (Å²) in [6.45, 7) is 0. The van der Waals surface area contributed by atoms with Gasteiger partial charge in [-0.1, -0.05) is 0 Å². The standard InChI is InChI=1S/C10H5ClF3NO2/c11-8-7(9(16)15-10(8)17)3-1-5(13)6(14)2-4(3)12/h1-2,7-8H,(H,15,16,17). The van der Waals surface area contributed by atoms with E-state index in [9.17, 15) is 22.8 Å². The molecule has 0 spiro atoms. The third kappa shape index (κ3) is 1.88. The van der Waals surface area contributed by atoms with E-state index in [4.69, 9.17) is 11.6 Å². The smallest absolute Gasteiger partial charge is 0.245 e. The minimum absolute atomic E-state index is 0.310. The summed E-state index contributed by atoms with van der Waals surface area (Å²) in [6, 6.07) is 0.841. The molecule has 3 nitrogen and oxygen atoms in total. The lowest BCUT2D eigenvalue weighted by molar-refractivity contribution is -0.125.